The van der Waals surface area contributed by atoms with Crippen LogP contribution in [0, 0.1) is 10.1 Å². The number of benzene rings is 1. The van der Waals surface area contributed by atoms with Gasteiger partial charge in [-0.3, -0.25) is 15.1 Å². The number of guanidine groups is 1. The number of hydrogen-bond acceptors (Lipinski definition) is 6. The van der Waals surface area contributed by atoms with Crippen molar-refractivity contribution in [2.24, 2.45) is 10.7 Å². The highest BCUT2D eigenvalue weighted by Crippen LogP contribution is 2.12. The van der Waals surface area contributed by atoms with Gasteiger partial charge in [0.15, 0.2) is 5.96 Å². The van der Waals surface area contributed by atoms with Gasteiger partial charge in [0.1, 0.15) is 0 Å². The van der Waals surface area contributed by atoms with Gasteiger partial charge < -0.3 is 15.5 Å². The number of non-ortho nitro benzene ring substituents is 1. The highest BCUT2D eigenvalue weighted by atomic mass is 16.6. The van der Waals surface area contributed by atoms with Gasteiger partial charge in [-0.2, -0.15) is 0 Å². The van der Waals surface area contributed by atoms with Crippen LogP contribution in [0.3, 0.4) is 0 Å². The lowest BCUT2D eigenvalue weighted by atomic mass is 10.1. The van der Waals surface area contributed by atoms with Crippen LogP contribution < -0.4 is 10.6 Å². The van der Waals surface area contributed by atoms with Crippen molar-refractivity contribution < 1.29 is 4.92 Å². The molecule has 0 radical (unpaired) electrons. The summed E-state index contributed by atoms with van der Waals surface area (Å²) in [6.07, 6.45) is 4.17. The van der Waals surface area contributed by atoms with Crippen molar-refractivity contribution in [1.29, 1.82) is 0 Å². The number of anilines is 1. The second-order valence-electron chi connectivity index (χ2n) is 5.94. The van der Waals surface area contributed by atoms with Gasteiger partial charge in [-0.15, -0.1) is 0 Å². The molecular formula is C17H21N7O2. The fourth-order valence-corrected chi connectivity index (χ4v) is 2.77. The number of nitrogens with zero attached hydrogens (tertiary/aromatic N) is 6. The lowest BCUT2D eigenvalue weighted by Crippen LogP contribution is -2.51. The summed E-state index contributed by atoms with van der Waals surface area (Å²) in [5, 5.41) is 10.7. The van der Waals surface area contributed by atoms with Crippen LogP contribution in [-0.2, 0) is 6.42 Å². The maximum absolute atomic E-state index is 10.7. The zero-order valence-corrected chi connectivity index (χ0v) is 14.4. The molecule has 1 aromatic heterocycles. The average Bonchev–Trinajstić information content (AvgIpc) is 2.69. The summed E-state index contributed by atoms with van der Waals surface area (Å²) in [4.78, 5) is 27.4. The van der Waals surface area contributed by atoms with Gasteiger partial charge in [0, 0.05) is 57.3 Å². The maximum atomic E-state index is 10.7. The minimum Gasteiger partial charge on any atom is -0.370 e. The first-order valence-electron chi connectivity index (χ1n) is 8.43. The molecule has 0 spiro atoms. The van der Waals surface area contributed by atoms with E-state index in [0.717, 1.165) is 37.7 Å². The molecule has 2 aromatic rings. The number of nitro benzene ring substituents is 1. The minimum absolute atomic E-state index is 0.0945. The van der Waals surface area contributed by atoms with E-state index in [0.29, 0.717) is 18.9 Å². The Morgan fingerprint density at radius 2 is 1.81 bits per heavy atom. The molecule has 0 amide bonds. The van der Waals surface area contributed by atoms with E-state index in [2.05, 4.69) is 24.8 Å². The van der Waals surface area contributed by atoms with Gasteiger partial charge >= 0.3 is 0 Å². The van der Waals surface area contributed by atoms with Gasteiger partial charge in [-0.1, -0.05) is 12.1 Å². The fraction of sp³-hybridized carbons (Fsp3) is 0.353. The molecule has 2 N–H and O–H groups in total. The normalized spacial score (nSPS) is 15.2. The van der Waals surface area contributed by atoms with Crippen LogP contribution in [0.5, 0.6) is 0 Å². The number of aromatic nitrogens is 2. The average molecular weight is 355 g/mol. The largest absolute Gasteiger partial charge is 0.370 e. The smallest absolute Gasteiger partial charge is 0.269 e. The Hall–Kier alpha value is -3.23. The SMILES string of the molecule is NC(=NCCc1ccc([N+](=O)[O-])cc1)N1CCN(c2ncccn2)CC1. The summed E-state index contributed by atoms with van der Waals surface area (Å²) in [6.45, 7) is 3.67. The van der Waals surface area contributed by atoms with Crippen molar-refractivity contribution in [2.75, 3.05) is 37.6 Å². The second kappa shape index (κ2) is 8.24. The molecule has 26 heavy (non-hydrogen) atoms. The number of hydrogen-bond donors (Lipinski definition) is 1. The van der Waals surface area contributed by atoms with Crippen molar-refractivity contribution in [1.82, 2.24) is 14.9 Å². The van der Waals surface area contributed by atoms with Crippen LogP contribution >= 0.6 is 0 Å². The monoisotopic (exact) mass is 355 g/mol. The first-order chi connectivity index (χ1) is 12.6. The Bertz CT molecular complexity index is 756. The van der Waals surface area contributed by atoms with E-state index in [-0.39, 0.29) is 5.69 Å². The van der Waals surface area contributed by atoms with Gasteiger partial charge in [0.05, 0.1) is 4.92 Å². The molecule has 3 rings (SSSR count). The van der Waals surface area contributed by atoms with E-state index in [1.54, 1.807) is 30.6 Å². The highest BCUT2D eigenvalue weighted by molar-refractivity contribution is 5.78. The van der Waals surface area contributed by atoms with E-state index in [9.17, 15) is 10.1 Å². The molecule has 1 aliphatic rings. The lowest BCUT2D eigenvalue weighted by molar-refractivity contribution is -0.384. The molecule has 0 bridgehead atoms. The Labute approximate surface area is 151 Å². The summed E-state index contributed by atoms with van der Waals surface area (Å²) >= 11 is 0. The molecule has 1 aromatic carbocycles. The van der Waals surface area contributed by atoms with Crippen LogP contribution in [0.1, 0.15) is 5.56 Å². The third-order valence-corrected chi connectivity index (χ3v) is 4.26. The van der Waals surface area contributed by atoms with Gasteiger partial charge in [-0.05, 0) is 18.1 Å². The molecule has 2 heterocycles. The first-order valence-corrected chi connectivity index (χ1v) is 8.43. The number of nitro groups is 1. The van der Waals surface area contributed by atoms with Crippen LogP contribution in [0.2, 0.25) is 0 Å². The predicted octanol–water partition coefficient (Wildman–Crippen LogP) is 1.06. The summed E-state index contributed by atoms with van der Waals surface area (Å²) in [7, 11) is 0. The zero-order valence-electron chi connectivity index (χ0n) is 14.4. The maximum Gasteiger partial charge on any atom is 0.269 e. The topological polar surface area (TPSA) is 114 Å². The van der Waals surface area contributed by atoms with Crippen LogP contribution in [0.15, 0.2) is 47.7 Å². The van der Waals surface area contributed by atoms with E-state index in [4.69, 9.17) is 5.73 Å². The zero-order chi connectivity index (χ0) is 18.4. The van der Waals surface area contributed by atoms with Crippen LogP contribution in [0.25, 0.3) is 0 Å². The molecular weight excluding hydrogens is 334 g/mol. The third-order valence-electron chi connectivity index (χ3n) is 4.26. The van der Waals surface area contributed by atoms with Crippen LogP contribution in [-0.4, -0.2) is 58.5 Å². The first kappa shape index (κ1) is 17.6. The quantitative estimate of drug-likeness (QED) is 0.369. The molecule has 9 heteroatoms. The number of aliphatic imine (C=N–C) groups is 1. The van der Waals surface area contributed by atoms with Crippen molar-refractivity contribution in [3.63, 3.8) is 0 Å². The summed E-state index contributed by atoms with van der Waals surface area (Å²) in [6, 6.07) is 8.32. The molecule has 1 aliphatic heterocycles. The van der Waals surface area contributed by atoms with Crippen molar-refractivity contribution in [3.8, 4) is 0 Å². The molecule has 136 valence electrons. The third kappa shape index (κ3) is 4.44. The van der Waals surface area contributed by atoms with Crippen molar-refractivity contribution >= 4 is 17.6 Å². The number of nitrogens with two attached hydrogens (primary N) is 1. The van der Waals surface area contributed by atoms with E-state index in [1.807, 2.05) is 0 Å². The van der Waals surface area contributed by atoms with E-state index < -0.39 is 4.92 Å². The minimum atomic E-state index is -0.403. The summed E-state index contributed by atoms with van der Waals surface area (Å²) < 4.78 is 0. The molecule has 1 saturated heterocycles. The van der Waals surface area contributed by atoms with Gasteiger partial charge in [0.25, 0.3) is 5.69 Å². The number of piperazine rings is 1. The molecule has 0 saturated carbocycles. The Balaban J connectivity index is 1.47. The summed E-state index contributed by atoms with van der Waals surface area (Å²) in [5.41, 5.74) is 7.19. The lowest BCUT2D eigenvalue weighted by Gasteiger charge is -2.35. The molecule has 0 atom stereocenters. The standard InChI is InChI=1S/C17H21N7O2/c18-16(19-9-6-14-2-4-15(5-3-14)24(25)26)22-10-12-23(13-11-22)17-20-7-1-8-21-17/h1-5,7-8H,6,9-13H2,(H2,18,19). The highest BCUT2D eigenvalue weighted by Gasteiger charge is 2.19. The molecule has 1 fully saturated rings. The molecule has 0 unspecified atom stereocenters. The molecule has 0 aliphatic carbocycles. The molecule has 9 nitrogen and oxygen atoms in total. The Kier molecular flexibility index (Phi) is 5.57. The Morgan fingerprint density at radius 3 is 2.42 bits per heavy atom. The number of rotatable bonds is 5. The van der Waals surface area contributed by atoms with Crippen LogP contribution in [0.4, 0.5) is 11.6 Å². The fourth-order valence-electron chi connectivity index (χ4n) is 2.77. The van der Waals surface area contributed by atoms with E-state index >= 15 is 0 Å². The van der Waals surface area contributed by atoms with Crippen molar-refractivity contribution in [3.05, 3.63) is 58.4 Å². The summed E-state index contributed by atoms with van der Waals surface area (Å²) in [5.74, 6) is 1.27. The van der Waals surface area contributed by atoms with Gasteiger partial charge in [0.2, 0.25) is 5.95 Å². The predicted molar refractivity (Wildman–Crippen MR) is 99.1 cm³/mol. The van der Waals surface area contributed by atoms with Gasteiger partial charge in [-0.25, -0.2) is 9.97 Å². The van der Waals surface area contributed by atoms with Crippen molar-refractivity contribution in [2.45, 2.75) is 6.42 Å². The second-order valence-corrected chi connectivity index (χ2v) is 5.94. The van der Waals surface area contributed by atoms with E-state index in [1.165, 1.54) is 12.1 Å². The Morgan fingerprint density at radius 1 is 1.15 bits per heavy atom.